The third-order valence-electron chi connectivity index (χ3n) is 4.04. The lowest BCUT2D eigenvalue weighted by molar-refractivity contribution is 0.309. The Morgan fingerprint density at radius 1 is 1.39 bits per heavy atom. The van der Waals surface area contributed by atoms with E-state index < -0.39 is 0 Å². The normalized spacial score (nSPS) is 23.4. The van der Waals surface area contributed by atoms with Gasteiger partial charge >= 0.3 is 0 Å². The molecule has 0 bridgehead atoms. The van der Waals surface area contributed by atoms with Crippen molar-refractivity contribution in [3.05, 3.63) is 41.5 Å². The Bertz CT molecular complexity index is 452. The van der Waals surface area contributed by atoms with Crippen molar-refractivity contribution >= 4 is 0 Å². The van der Waals surface area contributed by atoms with Crippen molar-refractivity contribution in [2.45, 2.75) is 38.1 Å². The Morgan fingerprint density at radius 2 is 2.28 bits per heavy atom. The molecule has 0 radical (unpaired) electrons. The molecule has 18 heavy (non-hydrogen) atoms. The van der Waals surface area contributed by atoms with E-state index in [0.717, 1.165) is 18.9 Å². The van der Waals surface area contributed by atoms with E-state index in [2.05, 4.69) is 42.6 Å². The van der Waals surface area contributed by atoms with Crippen LogP contribution in [0.5, 0.6) is 5.75 Å². The largest absolute Gasteiger partial charge is 0.493 e. The molecule has 1 heterocycles. The van der Waals surface area contributed by atoms with E-state index in [1.165, 1.54) is 24.8 Å². The topological polar surface area (TPSA) is 21.3 Å². The fourth-order valence-electron chi connectivity index (χ4n) is 3.19. The highest BCUT2D eigenvalue weighted by Crippen LogP contribution is 2.39. The van der Waals surface area contributed by atoms with Gasteiger partial charge in [0, 0.05) is 17.5 Å². The standard InChI is InChI=1S/C16H21NO/c1-2-17-16(12-7-3-4-8-12)14-11-18-15-10-6-5-9-13(14)15/h5-7,9-10,14,16-17H,2-4,8,11H2,1H3. The van der Waals surface area contributed by atoms with Crippen LogP contribution in [0.4, 0.5) is 0 Å². The molecule has 2 atom stereocenters. The smallest absolute Gasteiger partial charge is 0.122 e. The van der Waals surface area contributed by atoms with Gasteiger partial charge in [0.1, 0.15) is 5.75 Å². The van der Waals surface area contributed by atoms with Gasteiger partial charge < -0.3 is 10.1 Å². The number of allylic oxidation sites excluding steroid dienone is 1. The predicted octanol–water partition coefficient (Wildman–Crippen LogP) is 3.25. The highest BCUT2D eigenvalue weighted by molar-refractivity contribution is 5.42. The lowest BCUT2D eigenvalue weighted by Crippen LogP contribution is -2.37. The second-order valence-electron chi connectivity index (χ2n) is 5.16. The van der Waals surface area contributed by atoms with Crippen molar-refractivity contribution in [3.63, 3.8) is 0 Å². The van der Waals surface area contributed by atoms with Crippen LogP contribution < -0.4 is 10.1 Å². The summed E-state index contributed by atoms with van der Waals surface area (Å²) in [5.74, 6) is 1.55. The number of rotatable bonds is 4. The summed E-state index contributed by atoms with van der Waals surface area (Å²) in [6.07, 6.45) is 6.23. The summed E-state index contributed by atoms with van der Waals surface area (Å²) in [5.41, 5.74) is 2.96. The predicted molar refractivity (Wildman–Crippen MR) is 74.1 cm³/mol. The molecule has 2 unspecified atom stereocenters. The number of fused-ring (bicyclic) bond motifs is 1. The maximum absolute atomic E-state index is 5.83. The molecule has 0 saturated heterocycles. The van der Waals surface area contributed by atoms with E-state index in [1.54, 1.807) is 5.57 Å². The number of benzene rings is 1. The number of para-hydroxylation sites is 1. The first-order chi connectivity index (χ1) is 8.90. The third kappa shape index (κ3) is 2.05. The summed E-state index contributed by atoms with van der Waals surface area (Å²) in [7, 11) is 0. The fraction of sp³-hybridized carbons (Fsp3) is 0.500. The summed E-state index contributed by atoms with van der Waals surface area (Å²) in [5, 5.41) is 3.66. The molecule has 1 N–H and O–H groups in total. The van der Waals surface area contributed by atoms with Crippen LogP contribution >= 0.6 is 0 Å². The molecule has 2 nitrogen and oxygen atoms in total. The molecule has 2 aliphatic rings. The van der Waals surface area contributed by atoms with Crippen LogP contribution in [0, 0.1) is 0 Å². The van der Waals surface area contributed by atoms with Gasteiger partial charge in [-0.1, -0.05) is 36.8 Å². The molecule has 2 heteroatoms. The number of hydrogen-bond acceptors (Lipinski definition) is 2. The molecule has 3 rings (SSSR count). The van der Waals surface area contributed by atoms with Crippen LogP contribution in [0.1, 0.15) is 37.7 Å². The molecule has 1 aromatic carbocycles. The second-order valence-corrected chi connectivity index (χ2v) is 5.16. The van der Waals surface area contributed by atoms with Crippen LogP contribution in [0.3, 0.4) is 0 Å². The Hall–Kier alpha value is -1.28. The summed E-state index contributed by atoms with van der Waals surface area (Å²) in [6, 6.07) is 8.93. The summed E-state index contributed by atoms with van der Waals surface area (Å²) in [4.78, 5) is 0. The maximum atomic E-state index is 5.83. The summed E-state index contributed by atoms with van der Waals surface area (Å²) < 4.78 is 5.83. The maximum Gasteiger partial charge on any atom is 0.122 e. The lowest BCUT2D eigenvalue weighted by atomic mass is 9.88. The van der Waals surface area contributed by atoms with Gasteiger partial charge in [0.2, 0.25) is 0 Å². The van der Waals surface area contributed by atoms with E-state index in [4.69, 9.17) is 4.74 Å². The minimum atomic E-state index is 0.459. The SMILES string of the molecule is CCNC(C1=CCCC1)C1COc2ccccc21. The molecular weight excluding hydrogens is 222 g/mol. The average Bonchev–Trinajstić information content (AvgIpc) is 3.06. The number of hydrogen-bond donors (Lipinski definition) is 1. The van der Waals surface area contributed by atoms with E-state index in [0.29, 0.717) is 12.0 Å². The third-order valence-corrected chi connectivity index (χ3v) is 4.04. The molecule has 0 spiro atoms. The number of likely N-dealkylation sites (N-methyl/N-ethyl adjacent to an activating group) is 1. The molecule has 0 fully saturated rings. The molecule has 1 aromatic rings. The highest BCUT2D eigenvalue weighted by atomic mass is 16.5. The van der Waals surface area contributed by atoms with Crippen molar-refractivity contribution in [3.8, 4) is 5.75 Å². The molecular formula is C16H21NO. The minimum Gasteiger partial charge on any atom is -0.493 e. The van der Waals surface area contributed by atoms with Gasteiger partial charge in [-0.15, -0.1) is 0 Å². The van der Waals surface area contributed by atoms with E-state index >= 15 is 0 Å². The van der Waals surface area contributed by atoms with E-state index in [-0.39, 0.29) is 0 Å². The lowest BCUT2D eigenvalue weighted by Gasteiger charge is -2.25. The van der Waals surface area contributed by atoms with E-state index in [9.17, 15) is 0 Å². The van der Waals surface area contributed by atoms with Crippen molar-refractivity contribution in [1.29, 1.82) is 0 Å². The van der Waals surface area contributed by atoms with Crippen LogP contribution in [0.25, 0.3) is 0 Å². The zero-order valence-corrected chi connectivity index (χ0v) is 11.0. The quantitative estimate of drug-likeness (QED) is 0.820. The van der Waals surface area contributed by atoms with Crippen LogP contribution in [0.2, 0.25) is 0 Å². The van der Waals surface area contributed by atoms with Crippen LogP contribution in [0.15, 0.2) is 35.9 Å². The van der Waals surface area contributed by atoms with Crippen molar-refractivity contribution in [2.75, 3.05) is 13.2 Å². The average molecular weight is 243 g/mol. The molecule has 0 amide bonds. The Morgan fingerprint density at radius 3 is 3.06 bits per heavy atom. The van der Waals surface area contributed by atoms with Gasteiger partial charge in [0.15, 0.2) is 0 Å². The second kappa shape index (κ2) is 5.15. The monoisotopic (exact) mass is 243 g/mol. The fourth-order valence-corrected chi connectivity index (χ4v) is 3.19. The molecule has 1 aliphatic carbocycles. The zero-order chi connectivity index (χ0) is 12.4. The minimum absolute atomic E-state index is 0.459. The van der Waals surface area contributed by atoms with Crippen molar-refractivity contribution in [1.82, 2.24) is 5.32 Å². The van der Waals surface area contributed by atoms with Crippen LogP contribution in [-0.4, -0.2) is 19.2 Å². The molecule has 1 aliphatic heterocycles. The van der Waals surface area contributed by atoms with Gasteiger partial charge in [0.05, 0.1) is 6.61 Å². The molecule has 0 aromatic heterocycles. The van der Waals surface area contributed by atoms with Gasteiger partial charge in [-0.3, -0.25) is 0 Å². The molecule has 96 valence electrons. The first kappa shape index (κ1) is 11.8. The van der Waals surface area contributed by atoms with Crippen LogP contribution in [-0.2, 0) is 0 Å². The van der Waals surface area contributed by atoms with Gasteiger partial charge in [-0.05, 0) is 31.9 Å². The Balaban J connectivity index is 1.88. The molecule has 0 saturated carbocycles. The van der Waals surface area contributed by atoms with E-state index in [1.807, 2.05) is 0 Å². The summed E-state index contributed by atoms with van der Waals surface area (Å²) >= 11 is 0. The van der Waals surface area contributed by atoms with Crippen molar-refractivity contribution in [2.24, 2.45) is 0 Å². The first-order valence-corrected chi connectivity index (χ1v) is 7.04. The number of ether oxygens (including phenoxy) is 1. The first-order valence-electron chi connectivity index (χ1n) is 7.04. The van der Waals surface area contributed by atoms with Gasteiger partial charge in [-0.25, -0.2) is 0 Å². The Kier molecular flexibility index (Phi) is 3.37. The van der Waals surface area contributed by atoms with Gasteiger partial charge in [0.25, 0.3) is 0 Å². The highest BCUT2D eigenvalue weighted by Gasteiger charge is 2.33. The summed E-state index contributed by atoms with van der Waals surface area (Å²) in [6.45, 7) is 4.01. The van der Waals surface area contributed by atoms with Gasteiger partial charge in [-0.2, -0.15) is 0 Å². The van der Waals surface area contributed by atoms with Crippen molar-refractivity contribution < 1.29 is 4.74 Å². The zero-order valence-electron chi connectivity index (χ0n) is 11.0. The Labute approximate surface area is 109 Å². The number of nitrogens with one attached hydrogen (secondary N) is 1.